The van der Waals surface area contributed by atoms with Crippen LogP contribution in [0.4, 0.5) is 0 Å². The van der Waals surface area contributed by atoms with Gasteiger partial charge in [0.05, 0.1) is 3.79 Å². The highest BCUT2D eigenvalue weighted by Gasteiger charge is 2.23. The first kappa shape index (κ1) is 15.3. The van der Waals surface area contributed by atoms with Gasteiger partial charge in [0.1, 0.15) is 0 Å². The number of halogens is 2. The summed E-state index contributed by atoms with van der Waals surface area (Å²) in [5, 5.41) is 3.71. The van der Waals surface area contributed by atoms with E-state index >= 15 is 0 Å². The Hall–Kier alpha value is 0.360. The molecule has 110 valence electrons. The lowest BCUT2D eigenvalue weighted by molar-refractivity contribution is 0.396. The Kier molecular flexibility index (Phi) is 5.40. The predicted octanol–water partition coefficient (Wildman–Crippen LogP) is 5.99. The van der Waals surface area contributed by atoms with E-state index < -0.39 is 0 Å². The minimum atomic E-state index is 0.795. The molecule has 0 radical (unpaired) electrons. The summed E-state index contributed by atoms with van der Waals surface area (Å²) in [6, 6.07) is 3.03. The van der Waals surface area contributed by atoms with Crippen molar-refractivity contribution in [1.29, 1.82) is 0 Å². The van der Waals surface area contributed by atoms with Gasteiger partial charge in [0.25, 0.3) is 0 Å². The van der Waals surface area contributed by atoms with Crippen molar-refractivity contribution < 1.29 is 0 Å². The normalized spacial score (nSPS) is 21.4. The molecule has 0 saturated heterocycles. The van der Waals surface area contributed by atoms with E-state index in [2.05, 4.69) is 49.3 Å². The second-order valence-electron chi connectivity index (χ2n) is 5.98. The van der Waals surface area contributed by atoms with Gasteiger partial charge in [0.15, 0.2) is 0 Å². The SMILES string of the molecule is Brc1cc(/C=C(/CNC2CC2)C2CCCCC2)sc1Br. The van der Waals surface area contributed by atoms with Gasteiger partial charge in [-0.1, -0.05) is 24.8 Å². The van der Waals surface area contributed by atoms with E-state index in [0.29, 0.717) is 0 Å². The van der Waals surface area contributed by atoms with Crippen molar-refractivity contribution in [2.45, 2.75) is 51.0 Å². The molecule has 1 aromatic rings. The van der Waals surface area contributed by atoms with E-state index in [-0.39, 0.29) is 0 Å². The fourth-order valence-electron chi connectivity index (χ4n) is 2.95. The Balaban J connectivity index is 1.74. The first-order valence-electron chi connectivity index (χ1n) is 7.61. The van der Waals surface area contributed by atoms with Crippen LogP contribution in [0.2, 0.25) is 0 Å². The van der Waals surface area contributed by atoms with Gasteiger partial charge < -0.3 is 5.32 Å². The molecule has 0 unspecified atom stereocenters. The number of rotatable bonds is 5. The summed E-state index contributed by atoms with van der Waals surface area (Å²) < 4.78 is 2.37. The number of nitrogens with one attached hydrogen (secondary N) is 1. The van der Waals surface area contributed by atoms with Gasteiger partial charge in [0.2, 0.25) is 0 Å². The Morgan fingerprint density at radius 1 is 1.20 bits per heavy atom. The van der Waals surface area contributed by atoms with Crippen molar-refractivity contribution in [3.05, 3.63) is 24.8 Å². The third kappa shape index (κ3) is 4.19. The van der Waals surface area contributed by atoms with Gasteiger partial charge in [-0.2, -0.15) is 0 Å². The van der Waals surface area contributed by atoms with E-state index in [4.69, 9.17) is 0 Å². The third-order valence-corrected chi connectivity index (χ3v) is 7.50. The molecule has 1 nitrogen and oxygen atoms in total. The maximum atomic E-state index is 3.71. The second-order valence-corrected chi connectivity index (χ2v) is 9.24. The van der Waals surface area contributed by atoms with Crippen molar-refractivity contribution in [2.24, 2.45) is 5.92 Å². The van der Waals surface area contributed by atoms with Gasteiger partial charge in [0, 0.05) is 21.9 Å². The molecule has 3 rings (SSSR count). The minimum absolute atomic E-state index is 0.795. The van der Waals surface area contributed by atoms with Gasteiger partial charge in [-0.05, 0) is 75.6 Å². The van der Waals surface area contributed by atoms with Crippen molar-refractivity contribution in [2.75, 3.05) is 6.54 Å². The summed E-state index contributed by atoms with van der Waals surface area (Å²) in [6.07, 6.45) is 12.2. The van der Waals surface area contributed by atoms with E-state index in [1.807, 2.05) is 11.3 Å². The van der Waals surface area contributed by atoms with Crippen LogP contribution in [0, 0.1) is 5.92 Å². The van der Waals surface area contributed by atoms with Crippen molar-refractivity contribution >= 4 is 49.3 Å². The summed E-state index contributed by atoms with van der Waals surface area (Å²) in [4.78, 5) is 1.36. The fourth-order valence-corrected chi connectivity index (χ4v) is 5.02. The average Bonchev–Trinajstić information content (AvgIpc) is 3.23. The summed E-state index contributed by atoms with van der Waals surface area (Å²) >= 11 is 9.02. The maximum Gasteiger partial charge on any atom is 0.0846 e. The van der Waals surface area contributed by atoms with E-state index in [9.17, 15) is 0 Å². The lowest BCUT2D eigenvalue weighted by atomic mass is 9.83. The van der Waals surface area contributed by atoms with Crippen LogP contribution >= 0.6 is 43.2 Å². The molecule has 20 heavy (non-hydrogen) atoms. The van der Waals surface area contributed by atoms with Crippen molar-refractivity contribution in [1.82, 2.24) is 5.32 Å². The van der Waals surface area contributed by atoms with Crippen LogP contribution < -0.4 is 5.32 Å². The zero-order valence-electron chi connectivity index (χ0n) is 11.6. The highest BCUT2D eigenvalue weighted by atomic mass is 79.9. The molecule has 0 spiro atoms. The highest BCUT2D eigenvalue weighted by molar-refractivity contribution is 9.13. The molecule has 4 heteroatoms. The van der Waals surface area contributed by atoms with Crippen LogP contribution in [0.15, 0.2) is 19.9 Å². The van der Waals surface area contributed by atoms with E-state index in [1.54, 1.807) is 5.57 Å². The minimum Gasteiger partial charge on any atom is -0.310 e. The molecule has 0 aliphatic heterocycles. The molecule has 2 saturated carbocycles. The first-order chi connectivity index (χ1) is 9.72. The molecule has 1 aromatic heterocycles. The zero-order valence-corrected chi connectivity index (χ0v) is 15.6. The monoisotopic (exact) mass is 417 g/mol. The van der Waals surface area contributed by atoms with Crippen LogP contribution in [0.25, 0.3) is 6.08 Å². The molecule has 2 aliphatic rings. The summed E-state index contributed by atoms with van der Waals surface area (Å²) in [7, 11) is 0. The first-order valence-corrected chi connectivity index (χ1v) is 10.0. The molecule has 0 atom stereocenters. The van der Waals surface area contributed by atoms with Crippen LogP contribution in [-0.2, 0) is 0 Å². The fraction of sp³-hybridized carbons (Fsp3) is 0.625. The van der Waals surface area contributed by atoms with Crippen molar-refractivity contribution in [3.63, 3.8) is 0 Å². The lowest BCUT2D eigenvalue weighted by Gasteiger charge is -2.25. The number of thiophene rings is 1. The maximum absolute atomic E-state index is 3.71. The largest absolute Gasteiger partial charge is 0.310 e. The molecule has 0 aromatic carbocycles. The smallest absolute Gasteiger partial charge is 0.0846 e. The van der Waals surface area contributed by atoms with Gasteiger partial charge in [-0.25, -0.2) is 0 Å². The highest BCUT2D eigenvalue weighted by Crippen LogP contribution is 2.36. The van der Waals surface area contributed by atoms with Crippen molar-refractivity contribution in [3.8, 4) is 0 Å². The van der Waals surface area contributed by atoms with Crippen LogP contribution in [-0.4, -0.2) is 12.6 Å². The van der Waals surface area contributed by atoms with Crippen LogP contribution in [0.5, 0.6) is 0 Å². The zero-order chi connectivity index (χ0) is 13.9. The van der Waals surface area contributed by atoms with Crippen LogP contribution in [0.3, 0.4) is 0 Å². The Morgan fingerprint density at radius 3 is 2.55 bits per heavy atom. The molecule has 2 aliphatic carbocycles. The number of hydrogen-bond acceptors (Lipinski definition) is 2. The molecule has 0 bridgehead atoms. The standard InChI is InChI=1S/C16H21Br2NS/c17-15-9-14(20-16(15)18)8-12(10-19-13-6-7-13)11-4-2-1-3-5-11/h8-9,11,13,19H,1-7,10H2/b12-8-. The third-order valence-electron chi connectivity index (χ3n) is 4.29. The van der Waals surface area contributed by atoms with E-state index in [0.717, 1.165) is 18.5 Å². The van der Waals surface area contributed by atoms with Crippen LogP contribution in [0.1, 0.15) is 49.8 Å². The molecule has 2 fully saturated rings. The predicted molar refractivity (Wildman–Crippen MR) is 95.3 cm³/mol. The lowest BCUT2D eigenvalue weighted by Crippen LogP contribution is -2.23. The average molecular weight is 419 g/mol. The molecule has 0 amide bonds. The topological polar surface area (TPSA) is 12.0 Å². The Labute approximate surface area is 142 Å². The summed E-state index contributed by atoms with van der Waals surface area (Å²) in [5.74, 6) is 0.801. The molecular formula is C16H21Br2NS. The summed E-state index contributed by atoms with van der Waals surface area (Å²) in [6.45, 7) is 1.09. The van der Waals surface area contributed by atoms with Gasteiger partial charge >= 0.3 is 0 Å². The second kappa shape index (κ2) is 7.08. The Morgan fingerprint density at radius 2 is 1.95 bits per heavy atom. The molecular weight excluding hydrogens is 398 g/mol. The van der Waals surface area contributed by atoms with Gasteiger partial charge in [-0.3, -0.25) is 0 Å². The number of hydrogen-bond donors (Lipinski definition) is 1. The quantitative estimate of drug-likeness (QED) is 0.619. The van der Waals surface area contributed by atoms with Gasteiger partial charge in [-0.15, -0.1) is 11.3 Å². The Bertz CT molecular complexity index is 465. The molecule has 1 N–H and O–H groups in total. The molecule has 1 heterocycles. The van der Waals surface area contributed by atoms with E-state index in [1.165, 1.54) is 58.1 Å². The summed E-state index contributed by atoms with van der Waals surface area (Å²) in [5.41, 5.74) is 1.62.